The molecule has 0 heterocycles. The van der Waals surface area contributed by atoms with Crippen LogP contribution in [0.15, 0.2) is 29.2 Å². The molecule has 1 atom stereocenters. The highest BCUT2D eigenvalue weighted by molar-refractivity contribution is 7.90. The van der Waals surface area contributed by atoms with Crippen LogP contribution in [-0.4, -0.2) is 26.8 Å². The fourth-order valence-electron chi connectivity index (χ4n) is 1.68. The number of sulfone groups is 1. The molecular weight excluding hydrogens is 276 g/mol. The highest BCUT2D eigenvalue weighted by atomic mass is 32.2. The molecule has 1 aromatic rings. The van der Waals surface area contributed by atoms with Crippen molar-refractivity contribution in [2.24, 2.45) is 5.73 Å². The molecule has 0 saturated carbocycles. The SMILES string of the molecule is CCC(N)(C#N)CCCOc1cccc(S(C)(=O)=O)c1. The summed E-state index contributed by atoms with van der Waals surface area (Å²) in [5.74, 6) is 0.504. The molecule has 0 spiro atoms. The Labute approximate surface area is 120 Å². The Bertz CT molecular complexity index is 593. The molecule has 0 aliphatic carbocycles. The number of benzene rings is 1. The van der Waals surface area contributed by atoms with Gasteiger partial charge in [-0.3, -0.25) is 0 Å². The summed E-state index contributed by atoms with van der Waals surface area (Å²) < 4.78 is 28.3. The van der Waals surface area contributed by atoms with Gasteiger partial charge in [0.25, 0.3) is 0 Å². The van der Waals surface area contributed by atoms with Gasteiger partial charge in [0.05, 0.1) is 17.6 Å². The molecule has 0 saturated heterocycles. The van der Waals surface area contributed by atoms with Crippen LogP contribution in [0.5, 0.6) is 5.75 Å². The lowest BCUT2D eigenvalue weighted by Gasteiger charge is -2.19. The van der Waals surface area contributed by atoms with Crippen LogP contribution in [0.4, 0.5) is 0 Å². The molecule has 0 aliphatic rings. The van der Waals surface area contributed by atoms with E-state index in [0.29, 0.717) is 31.6 Å². The summed E-state index contributed by atoms with van der Waals surface area (Å²) in [6.07, 6.45) is 2.93. The monoisotopic (exact) mass is 296 g/mol. The molecule has 0 radical (unpaired) electrons. The van der Waals surface area contributed by atoms with Crippen LogP contribution in [0.1, 0.15) is 26.2 Å². The minimum atomic E-state index is -3.23. The van der Waals surface area contributed by atoms with Crippen molar-refractivity contribution in [2.75, 3.05) is 12.9 Å². The third-order valence-electron chi connectivity index (χ3n) is 3.12. The van der Waals surface area contributed by atoms with E-state index in [1.165, 1.54) is 12.1 Å². The number of nitrogens with two attached hydrogens (primary N) is 1. The van der Waals surface area contributed by atoms with Crippen molar-refractivity contribution < 1.29 is 13.2 Å². The molecule has 0 aromatic heterocycles. The van der Waals surface area contributed by atoms with E-state index in [0.717, 1.165) is 6.26 Å². The van der Waals surface area contributed by atoms with Crippen LogP contribution in [-0.2, 0) is 9.84 Å². The van der Waals surface area contributed by atoms with Gasteiger partial charge in [-0.15, -0.1) is 0 Å². The predicted molar refractivity (Wildman–Crippen MR) is 77.1 cm³/mol. The van der Waals surface area contributed by atoms with Gasteiger partial charge in [0.2, 0.25) is 0 Å². The number of rotatable bonds is 7. The van der Waals surface area contributed by atoms with Crippen LogP contribution >= 0.6 is 0 Å². The summed E-state index contributed by atoms with van der Waals surface area (Å²) in [5.41, 5.74) is 5.05. The minimum absolute atomic E-state index is 0.230. The highest BCUT2D eigenvalue weighted by Gasteiger charge is 2.21. The molecule has 0 amide bonds. The lowest BCUT2D eigenvalue weighted by Crippen LogP contribution is -2.37. The number of nitrogens with zero attached hydrogens (tertiary/aromatic N) is 1. The minimum Gasteiger partial charge on any atom is -0.494 e. The first-order valence-electron chi connectivity index (χ1n) is 6.44. The Hall–Kier alpha value is -1.58. The quantitative estimate of drug-likeness (QED) is 0.775. The van der Waals surface area contributed by atoms with Crippen molar-refractivity contribution in [1.29, 1.82) is 5.26 Å². The van der Waals surface area contributed by atoms with Crippen molar-refractivity contribution in [1.82, 2.24) is 0 Å². The van der Waals surface area contributed by atoms with E-state index in [4.69, 9.17) is 15.7 Å². The normalized spacial score (nSPS) is 14.3. The van der Waals surface area contributed by atoms with Crippen LogP contribution < -0.4 is 10.5 Å². The predicted octanol–water partition coefficient (Wildman–Crippen LogP) is 1.88. The number of hydrogen-bond donors (Lipinski definition) is 1. The van der Waals surface area contributed by atoms with E-state index < -0.39 is 15.4 Å². The average molecular weight is 296 g/mol. The van der Waals surface area contributed by atoms with Crippen LogP contribution in [0.3, 0.4) is 0 Å². The van der Waals surface area contributed by atoms with Crippen molar-refractivity contribution in [2.45, 2.75) is 36.6 Å². The molecule has 1 rings (SSSR count). The molecule has 6 heteroatoms. The molecular formula is C14H20N2O3S. The Morgan fingerprint density at radius 3 is 2.70 bits per heavy atom. The second kappa shape index (κ2) is 6.73. The topological polar surface area (TPSA) is 93.2 Å². The number of ether oxygens (including phenoxy) is 1. The maximum absolute atomic E-state index is 11.4. The largest absolute Gasteiger partial charge is 0.494 e. The van der Waals surface area contributed by atoms with Crippen LogP contribution in [0.2, 0.25) is 0 Å². The molecule has 0 aliphatic heterocycles. The molecule has 5 nitrogen and oxygen atoms in total. The Kier molecular flexibility index (Phi) is 5.54. The first-order chi connectivity index (χ1) is 9.30. The van der Waals surface area contributed by atoms with Crippen molar-refractivity contribution in [3.05, 3.63) is 24.3 Å². The zero-order chi connectivity index (χ0) is 15.2. The number of nitriles is 1. The van der Waals surface area contributed by atoms with Gasteiger partial charge < -0.3 is 10.5 Å². The summed E-state index contributed by atoms with van der Waals surface area (Å²) in [7, 11) is -3.23. The summed E-state index contributed by atoms with van der Waals surface area (Å²) >= 11 is 0. The smallest absolute Gasteiger partial charge is 0.175 e. The first-order valence-corrected chi connectivity index (χ1v) is 8.33. The van der Waals surface area contributed by atoms with Gasteiger partial charge in [-0.25, -0.2) is 8.42 Å². The van der Waals surface area contributed by atoms with E-state index in [9.17, 15) is 8.42 Å². The summed E-state index contributed by atoms with van der Waals surface area (Å²) in [5, 5.41) is 8.95. The molecule has 0 bridgehead atoms. The summed E-state index contributed by atoms with van der Waals surface area (Å²) in [4.78, 5) is 0.230. The Morgan fingerprint density at radius 2 is 2.15 bits per heavy atom. The van der Waals surface area contributed by atoms with E-state index in [1.54, 1.807) is 12.1 Å². The van der Waals surface area contributed by atoms with Gasteiger partial charge in [-0.05, 0) is 37.5 Å². The van der Waals surface area contributed by atoms with Crippen LogP contribution in [0.25, 0.3) is 0 Å². The molecule has 1 unspecified atom stereocenters. The third-order valence-corrected chi connectivity index (χ3v) is 4.23. The Balaban J connectivity index is 2.54. The highest BCUT2D eigenvalue weighted by Crippen LogP contribution is 2.18. The molecule has 2 N–H and O–H groups in total. The van der Waals surface area contributed by atoms with Crippen molar-refractivity contribution >= 4 is 9.84 Å². The van der Waals surface area contributed by atoms with E-state index in [1.807, 2.05) is 6.92 Å². The van der Waals surface area contributed by atoms with Gasteiger partial charge in [0.15, 0.2) is 9.84 Å². The standard InChI is InChI=1S/C14H20N2O3S/c1-3-14(16,11-15)8-5-9-19-12-6-4-7-13(10-12)20(2,17)18/h4,6-7,10H,3,5,8-9,16H2,1-2H3. The maximum atomic E-state index is 11.4. The van der Waals surface area contributed by atoms with E-state index in [2.05, 4.69) is 6.07 Å². The molecule has 1 aromatic carbocycles. The maximum Gasteiger partial charge on any atom is 0.175 e. The molecule has 0 fully saturated rings. The zero-order valence-corrected chi connectivity index (χ0v) is 12.6. The lowest BCUT2D eigenvalue weighted by molar-refractivity contribution is 0.291. The average Bonchev–Trinajstić information content (AvgIpc) is 2.43. The van der Waals surface area contributed by atoms with Gasteiger partial charge in [0, 0.05) is 6.26 Å². The van der Waals surface area contributed by atoms with Gasteiger partial charge in [-0.1, -0.05) is 13.0 Å². The zero-order valence-electron chi connectivity index (χ0n) is 11.8. The third kappa shape index (κ3) is 4.83. The van der Waals surface area contributed by atoms with E-state index in [-0.39, 0.29) is 4.90 Å². The second-order valence-electron chi connectivity index (χ2n) is 4.82. The summed E-state index contributed by atoms with van der Waals surface area (Å²) in [6, 6.07) is 8.46. The van der Waals surface area contributed by atoms with E-state index >= 15 is 0 Å². The van der Waals surface area contributed by atoms with Gasteiger partial charge >= 0.3 is 0 Å². The van der Waals surface area contributed by atoms with Crippen LogP contribution in [0, 0.1) is 11.3 Å². The fourth-order valence-corrected chi connectivity index (χ4v) is 2.34. The lowest BCUT2D eigenvalue weighted by atomic mass is 9.94. The van der Waals surface area contributed by atoms with Crippen molar-refractivity contribution in [3.8, 4) is 11.8 Å². The second-order valence-corrected chi connectivity index (χ2v) is 6.84. The molecule has 20 heavy (non-hydrogen) atoms. The fraction of sp³-hybridized carbons (Fsp3) is 0.500. The molecule has 110 valence electrons. The first kappa shape index (κ1) is 16.5. The van der Waals surface area contributed by atoms with Gasteiger partial charge in [0.1, 0.15) is 11.3 Å². The van der Waals surface area contributed by atoms with Gasteiger partial charge in [-0.2, -0.15) is 5.26 Å². The van der Waals surface area contributed by atoms with Crippen molar-refractivity contribution in [3.63, 3.8) is 0 Å². The summed E-state index contributed by atoms with van der Waals surface area (Å²) in [6.45, 7) is 2.27. The number of hydrogen-bond acceptors (Lipinski definition) is 5. The Morgan fingerprint density at radius 1 is 1.45 bits per heavy atom.